The second-order valence-corrected chi connectivity index (χ2v) is 7.75. The highest BCUT2D eigenvalue weighted by Crippen LogP contribution is 2.37. The van der Waals surface area contributed by atoms with E-state index in [0.717, 1.165) is 27.2 Å². The van der Waals surface area contributed by atoms with Crippen LogP contribution in [0.5, 0.6) is 0 Å². The zero-order valence-electron chi connectivity index (χ0n) is 10.4. The lowest BCUT2D eigenvalue weighted by Crippen LogP contribution is -2.23. The summed E-state index contributed by atoms with van der Waals surface area (Å²) in [5.41, 5.74) is 2.28. The van der Waals surface area contributed by atoms with Crippen molar-refractivity contribution in [1.82, 2.24) is 5.32 Å². The fraction of sp³-hybridized carbons (Fsp3) is 0.286. The van der Waals surface area contributed by atoms with Crippen molar-refractivity contribution in [3.63, 3.8) is 0 Å². The molecular formula is C14H14Cl2INS. The fourth-order valence-corrected chi connectivity index (χ4v) is 4.03. The van der Waals surface area contributed by atoms with Gasteiger partial charge < -0.3 is 5.32 Å². The normalized spacial score (nSPS) is 12.6. The zero-order valence-corrected chi connectivity index (χ0v) is 14.9. The van der Waals surface area contributed by atoms with Gasteiger partial charge in [0.25, 0.3) is 0 Å². The second kappa shape index (κ2) is 7.27. The Labute approximate surface area is 141 Å². The summed E-state index contributed by atoms with van der Waals surface area (Å²) in [4.78, 5) is 0. The minimum Gasteiger partial charge on any atom is -0.306 e. The van der Waals surface area contributed by atoms with Crippen LogP contribution in [0.15, 0.2) is 30.3 Å². The Balaban J connectivity index is 2.38. The maximum atomic E-state index is 6.30. The molecule has 2 aromatic rings. The van der Waals surface area contributed by atoms with E-state index in [1.807, 2.05) is 6.07 Å². The Hall–Kier alpha value is 0.190. The van der Waals surface area contributed by atoms with E-state index in [4.69, 9.17) is 23.2 Å². The minimum atomic E-state index is 0.103. The first-order valence-corrected chi connectivity index (χ1v) is 8.70. The van der Waals surface area contributed by atoms with Gasteiger partial charge in [-0.15, -0.1) is 11.3 Å². The number of hydrogen-bond acceptors (Lipinski definition) is 2. The fourth-order valence-electron chi connectivity index (χ4n) is 1.93. The summed E-state index contributed by atoms with van der Waals surface area (Å²) >= 11 is 16.1. The topological polar surface area (TPSA) is 12.0 Å². The van der Waals surface area contributed by atoms with E-state index in [9.17, 15) is 0 Å². The van der Waals surface area contributed by atoms with Crippen molar-refractivity contribution in [2.75, 3.05) is 6.54 Å². The van der Waals surface area contributed by atoms with Gasteiger partial charge in [0.1, 0.15) is 0 Å². The molecule has 2 rings (SSSR count). The summed E-state index contributed by atoms with van der Waals surface area (Å²) in [5.74, 6) is 0. The molecule has 5 heteroatoms. The highest BCUT2D eigenvalue weighted by Gasteiger charge is 2.19. The molecule has 102 valence electrons. The van der Waals surface area contributed by atoms with Crippen molar-refractivity contribution in [2.24, 2.45) is 0 Å². The number of rotatable bonds is 5. The summed E-state index contributed by atoms with van der Waals surface area (Å²) in [6.45, 7) is 3.10. The molecular weight excluding hydrogens is 412 g/mol. The molecule has 0 spiro atoms. The lowest BCUT2D eigenvalue weighted by atomic mass is 10.0. The molecule has 1 nitrogen and oxygen atoms in total. The van der Waals surface area contributed by atoms with Crippen molar-refractivity contribution >= 4 is 57.1 Å². The van der Waals surface area contributed by atoms with E-state index in [1.165, 1.54) is 20.5 Å². The highest BCUT2D eigenvalue weighted by molar-refractivity contribution is 14.1. The van der Waals surface area contributed by atoms with Gasteiger partial charge in [-0.3, -0.25) is 0 Å². The Morgan fingerprint density at radius 2 is 2.11 bits per heavy atom. The molecule has 1 atom stereocenters. The summed E-state index contributed by atoms with van der Waals surface area (Å²) in [5, 5.41) is 3.54. The summed E-state index contributed by atoms with van der Waals surface area (Å²) in [7, 11) is 0. The molecule has 1 N–H and O–H groups in total. The van der Waals surface area contributed by atoms with E-state index in [-0.39, 0.29) is 6.04 Å². The minimum absolute atomic E-state index is 0.103. The number of hydrogen-bond donors (Lipinski definition) is 1. The van der Waals surface area contributed by atoms with Crippen molar-refractivity contribution < 1.29 is 0 Å². The smallest absolute Gasteiger partial charge is 0.0995 e. The van der Waals surface area contributed by atoms with Crippen LogP contribution in [0, 0.1) is 3.57 Å². The molecule has 1 heterocycles. The number of halogens is 3. The van der Waals surface area contributed by atoms with Crippen LogP contribution < -0.4 is 5.32 Å². The van der Waals surface area contributed by atoms with Crippen LogP contribution in [-0.4, -0.2) is 6.54 Å². The Morgan fingerprint density at radius 3 is 2.68 bits per heavy atom. The van der Waals surface area contributed by atoms with Gasteiger partial charge in [0.15, 0.2) is 0 Å². The number of thiophene rings is 1. The first-order chi connectivity index (χ1) is 9.11. The lowest BCUT2D eigenvalue weighted by Gasteiger charge is -2.19. The number of nitrogens with one attached hydrogen (secondary N) is 1. The van der Waals surface area contributed by atoms with Crippen molar-refractivity contribution in [2.45, 2.75) is 19.4 Å². The van der Waals surface area contributed by atoms with Gasteiger partial charge in [-0.2, -0.15) is 0 Å². The summed E-state index contributed by atoms with van der Waals surface area (Å²) in [6, 6.07) is 10.5. The van der Waals surface area contributed by atoms with Crippen LogP contribution in [0.25, 0.3) is 0 Å². The monoisotopic (exact) mass is 425 g/mol. The third-order valence-corrected chi connectivity index (χ3v) is 4.96. The van der Waals surface area contributed by atoms with E-state index in [0.29, 0.717) is 0 Å². The molecule has 1 unspecified atom stereocenters. The average Bonchev–Trinajstić information content (AvgIpc) is 2.69. The van der Waals surface area contributed by atoms with E-state index in [2.05, 4.69) is 59.1 Å². The van der Waals surface area contributed by atoms with Gasteiger partial charge in [-0.05, 0) is 59.3 Å². The molecule has 0 aliphatic heterocycles. The van der Waals surface area contributed by atoms with Gasteiger partial charge >= 0.3 is 0 Å². The lowest BCUT2D eigenvalue weighted by molar-refractivity contribution is 0.600. The Bertz CT molecular complexity index is 556. The molecule has 0 fully saturated rings. The third kappa shape index (κ3) is 4.08. The molecule has 0 saturated heterocycles. The molecule has 19 heavy (non-hydrogen) atoms. The van der Waals surface area contributed by atoms with Gasteiger partial charge in [-0.1, -0.05) is 42.3 Å². The van der Waals surface area contributed by atoms with E-state index in [1.54, 1.807) is 0 Å². The first kappa shape index (κ1) is 15.6. The zero-order chi connectivity index (χ0) is 13.8. The summed E-state index contributed by atoms with van der Waals surface area (Å²) in [6.07, 6.45) is 1.08. The molecule has 0 bridgehead atoms. The van der Waals surface area contributed by atoms with Crippen molar-refractivity contribution in [3.8, 4) is 0 Å². The quantitative estimate of drug-likeness (QED) is 0.601. The highest BCUT2D eigenvalue weighted by atomic mass is 127. The SMILES string of the molecule is CCCNC(c1cccc(I)c1)c1cc(Cl)sc1Cl. The maximum Gasteiger partial charge on any atom is 0.0995 e. The molecule has 0 aliphatic carbocycles. The second-order valence-electron chi connectivity index (χ2n) is 4.22. The Morgan fingerprint density at radius 1 is 1.32 bits per heavy atom. The van der Waals surface area contributed by atoms with Gasteiger partial charge in [-0.25, -0.2) is 0 Å². The van der Waals surface area contributed by atoms with E-state index < -0.39 is 0 Å². The summed E-state index contributed by atoms with van der Waals surface area (Å²) < 4.78 is 2.71. The van der Waals surface area contributed by atoms with Crippen LogP contribution in [0.2, 0.25) is 8.67 Å². The van der Waals surface area contributed by atoms with Crippen molar-refractivity contribution in [3.05, 3.63) is 53.7 Å². The molecule has 0 radical (unpaired) electrons. The molecule has 1 aromatic carbocycles. The third-order valence-electron chi connectivity index (χ3n) is 2.77. The number of benzene rings is 1. The predicted molar refractivity (Wildman–Crippen MR) is 93.6 cm³/mol. The maximum absolute atomic E-state index is 6.30. The molecule has 0 saturated carbocycles. The van der Waals surface area contributed by atoms with Gasteiger partial charge in [0.2, 0.25) is 0 Å². The molecule has 0 aliphatic rings. The average molecular weight is 426 g/mol. The van der Waals surface area contributed by atoms with Gasteiger partial charge in [0, 0.05) is 9.13 Å². The van der Waals surface area contributed by atoms with Crippen LogP contribution in [0.1, 0.15) is 30.5 Å². The van der Waals surface area contributed by atoms with Crippen LogP contribution in [-0.2, 0) is 0 Å². The molecule has 0 amide bonds. The molecule has 1 aromatic heterocycles. The van der Waals surface area contributed by atoms with Crippen LogP contribution in [0.3, 0.4) is 0 Å². The predicted octanol–water partition coefficient (Wildman–Crippen LogP) is 5.75. The van der Waals surface area contributed by atoms with Crippen molar-refractivity contribution in [1.29, 1.82) is 0 Å². The van der Waals surface area contributed by atoms with Gasteiger partial charge in [0.05, 0.1) is 14.7 Å². The largest absolute Gasteiger partial charge is 0.306 e. The first-order valence-electron chi connectivity index (χ1n) is 6.05. The standard InChI is InChI=1S/C14H14Cl2INS/c1-2-6-18-13(9-4-3-5-10(17)7-9)11-8-12(15)19-14(11)16/h3-5,7-8,13,18H,2,6H2,1H3. The Kier molecular flexibility index (Phi) is 5.96. The van der Waals surface area contributed by atoms with Crippen LogP contribution >= 0.6 is 57.1 Å². The van der Waals surface area contributed by atoms with E-state index >= 15 is 0 Å². The van der Waals surface area contributed by atoms with Crippen LogP contribution in [0.4, 0.5) is 0 Å².